The lowest BCUT2D eigenvalue weighted by atomic mass is 9.89. The molecule has 2 unspecified atom stereocenters. The molecule has 2 heteroatoms. The lowest BCUT2D eigenvalue weighted by Gasteiger charge is -2.26. The van der Waals surface area contributed by atoms with Gasteiger partial charge in [0.25, 0.3) is 0 Å². The number of Topliss-reactive ketones (excluding diaryl/α,β-unsaturated/α-hetero) is 1. The molecular weight excluding hydrogens is 252 g/mol. The van der Waals surface area contributed by atoms with Crippen LogP contribution in [0.3, 0.4) is 0 Å². The van der Waals surface area contributed by atoms with Crippen LogP contribution >= 0.6 is 11.8 Å². The fourth-order valence-corrected chi connectivity index (χ4v) is 5.55. The highest BCUT2D eigenvalue weighted by Crippen LogP contribution is 2.47. The van der Waals surface area contributed by atoms with Crippen molar-refractivity contribution >= 4 is 23.6 Å². The van der Waals surface area contributed by atoms with E-state index in [1.807, 2.05) is 0 Å². The first kappa shape index (κ1) is 11.8. The van der Waals surface area contributed by atoms with E-state index in [1.165, 1.54) is 24.0 Å². The lowest BCUT2D eigenvalue weighted by molar-refractivity contribution is -0.119. The van der Waals surface area contributed by atoms with Gasteiger partial charge in [0.15, 0.2) is 5.78 Å². The van der Waals surface area contributed by atoms with Gasteiger partial charge in [-0.05, 0) is 42.9 Å². The van der Waals surface area contributed by atoms with E-state index in [2.05, 4.69) is 42.1 Å². The second-order valence-electron chi connectivity index (χ2n) is 6.04. The van der Waals surface area contributed by atoms with Crippen LogP contribution in [0, 0.1) is 5.92 Å². The number of hydrogen-bond acceptors (Lipinski definition) is 2. The number of carbonyl (C=O) groups excluding carboxylic acids is 1. The first-order valence-corrected chi connectivity index (χ1v) is 8.22. The van der Waals surface area contributed by atoms with Gasteiger partial charge in [0.05, 0.1) is 0 Å². The second kappa shape index (κ2) is 4.52. The number of carbonyl (C=O) groups is 1. The average Bonchev–Trinajstić information content (AvgIpc) is 3.01. The fraction of sp³-hybridized carbons (Fsp3) is 0.471. The third kappa shape index (κ3) is 2.06. The molecule has 0 radical (unpaired) electrons. The topological polar surface area (TPSA) is 17.1 Å². The molecule has 0 spiro atoms. The van der Waals surface area contributed by atoms with Crippen LogP contribution in [0.5, 0.6) is 0 Å². The standard InChI is InChI=1S/C17H18OS/c18-17(14-9-15-5-6-16(10-14)19-15)13-7-11-3-1-2-4-12(11)8-13/h1-4,7,14-16H,5-6,8-10H2. The molecule has 3 aliphatic rings. The minimum Gasteiger partial charge on any atom is -0.294 e. The molecule has 0 amide bonds. The van der Waals surface area contributed by atoms with Crippen molar-refractivity contribution in [2.24, 2.45) is 5.92 Å². The molecule has 4 rings (SSSR count). The van der Waals surface area contributed by atoms with Crippen molar-refractivity contribution < 1.29 is 4.79 Å². The monoisotopic (exact) mass is 270 g/mol. The van der Waals surface area contributed by atoms with Gasteiger partial charge in [-0.15, -0.1) is 0 Å². The van der Waals surface area contributed by atoms with Crippen LogP contribution in [0.15, 0.2) is 29.8 Å². The third-order valence-electron chi connectivity index (χ3n) is 4.74. The van der Waals surface area contributed by atoms with Crippen molar-refractivity contribution in [2.75, 3.05) is 0 Å². The summed E-state index contributed by atoms with van der Waals surface area (Å²) in [6, 6.07) is 8.39. The molecule has 2 aliphatic heterocycles. The number of fused-ring (bicyclic) bond motifs is 3. The van der Waals surface area contributed by atoms with Crippen LogP contribution in [0.4, 0.5) is 0 Å². The Morgan fingerprint density at radius 3 is 2.58 bits per heavy atom. The summed E-state index contributed by atoms with van der Waals surface area (Å²) >= 11 is 2.13. The molecular formula is C17H18OS. The van der Waals surface area contributed by atoms with E-state index in [4.69, 9.17) is 0 Å². The molecule has 0 N–H and O–H groups in total. The summed E-state index contributed by atoms with van der Waals surface area (Å²) < 4.78 is 0. The zero-order valence-corrected chi connectivity index (χ0v) is 11.8. The SMILES string of the molecule is O=C(C1=Cc2ccccc2C1)C1CC2CCC(C1)S2. The summed E-state index contributed by atoms with van der Waals surface area (Å²) in [5.41, 5.74) is 3.62. The largest absolute Gasteiger partial charge is 0.294 e. The van der Waals surface area contributed by atoms with Gasteiger partial charge in [0.2, 0.25) is 0 Å². The number of ketones is 1. The van der Waals surface area contributed by atoms with E-state index in [-0.39, 0.29) is 0 Å². The molecule has 2 heterocycles. The molecule has 2 atom stereocenters. The summed E-state index contributed by atoms with van der Waals surface area (Å²) in [6.45, 7) is 0. The minimum atomic E-state index is 0.305. The van der Waals surface area contributed by atoms with E-state index >= 15 is 0 Å². The summed E-state index contributed by atoms with van der Waals surface area (Å²) in [5.74, 6) is 0.743. The maximum atomic E-state index is 12.7. The number of benzene rings is 1. The second-order valence-corrected chi connectivity index (χ2v) is 7.64. The zero-order valence-electron chi connectivity index (χ0n) is 11.0. The molecule has 19 heavy (non-hydrogen) atoms. The summed E-state index contributed by atoms with van der Waals surface area (Å²) in [7, 11) is 0. The molecule has 2 saturated heterocycles. The maximum absolute atomic E-state index is 12.7. The van der Waals surface area contributed by atoms with Gasteiger partial charge in [-0.1, -0.05) is 24.3 Å². The summed E-state index contributed by atoms with van der Waals surface area (Å²) in [6.07, 6.45) is 7.88. The van der Waals surface area contributed by atoms with E-state index in [0.29, 0.717) is 11.7 Å². The van der Waals surface area contributed by atoms with Gasteiger partial charge in [0.1, 0.15) is 0 Å². The highest BCUT2D eigenvalue weighted by atomic mass is 32.2. The average molecular weight is 270 g/mol. The van der Waals surface area contributed by atoms with Crippen molar-refractivity contribution in [3.63, 3.8) is 0 Å². The van der Waals surface area contributed by atoms with Gasteiger partial charge >= 0.3 is 0 Å². The molecule has 1 nitrogen and oxygen atoms in total. The van der Waals surface area contributed by atoms with Crippen LogP contribution in [0.1, 0.15) is 36.8 Å². The Hall–Kier alpha value is -1.02. The van der Waals surface area contributed by atoms with Crippen molar-refractivity contribution in [1.82, 2.24) is 0 Å². The van der Waals surface area contributed by atoms with Crippen LogP contribution < -0.4 is 0 Å². The van der Waals surface area contributed by atoms with E-state index < -0.39 is 0 Å². The Bertz CT molecular complexity index is 548. The molecule has 2 fully saturated rings. The molecule has 98 valence electrons. The number of thioether (sulfide) groups is 1. The molecule has 2 bridgehead atoms. The molecule has 1 aromatic rings. The highest BCUT2D eigenvalue weighted by Gasteiger charge is 2.38. The van der Waals surface area contributed by atoms with Crippen LogP contribution in [-0.4, -0.2) is 16.3 Å². The van der Waals surface area contributed by atoms with Gasteiger partial charge in [-0.3, -0.25) is 4.79 Å². The fourth-order valence-electron chi connectivity index (χ4n) is 3.77. The van der Waals surface area contributed by atoms with Crippen molar-refractivity contribution in [3.8, 4) is 0 Å². The molecule has 1 aromatic carbocycles. The van der Waals surface area contributed by atoms with E-state index in [1.54, 1.807) is 0 Å². The van der Waals surface area contributed by atoms with Crippen LogP contribution in [0.25, 0.3) is 6.08 Å². The van der Waals surface area contributed by atoms with Crippen molar-refractivity contribution in [2.45, 2.75) is 42.6 Å². The first-order valence-electron chi connectivity index (χ1n) is 7.28. The smallest absolute Gasteiger partial charge is 0.162 e. The summed E-state index contributed by atoms with van der Waals surface area (Å²) in [4.78, 5) is 12.7. The van der Waals surface area contributed by atoms with Crippen LogP contribution in [-0.2, 0) is 11.2 Å². The van der Waals surface area contributed by atoms with Gasteiger partial charge in [-0.2, -0.15) is 11.8 Å². The minimum absolute atomic E-state index is 0.305. The van der Waals surface area contributed by atoms with Gasteiger partial charge < -0.3 is 0 Å². The predicted molar refractivity (Wildman–Crippen MR) is 80.3 cm³/mol. The summed E-state index contributed by atoms with van der Waals surface area (Å²) in [5, 5.41) is 1.52. The number of rotatable bonds is 2. The van der Waals surface area contributed by atoms with Crippen LogP contribution in [0.2, 0.25) is 0 Å². The Balaban J connectivity index is 1.53. The van der Waals surface area contributed by atoms with Crippen molar-refractivity contribution in [3.05, 3.63) is 41.0 Å². The Morgan fingerprint density at radius 2 is 1.84 bits per heavy atom. The molecule has 0 aromatic heterocycles. The Morgan fingerprint density at radius 1 is 1.11 bits per heavy atom. The van der Waals surface area contributed by atoms with E-state index in [0.717, 1.165) is 35.3 Å². The Kier molecular flexibility index (Phi) is 2.80. The number of hydrogen-bond donors (Lipinski definition) is 0. The molecule has 0 saturated carbocycles. The van der Waals surface area contributed by atoms with E-state index in [9.17, 15) is 4.79 Å². The van der Waals surface area contributed by atoms with Gasteiger partial charge in [0, 0.05) is 28.4 Å². The maximum Gasteiger partial charge on any atom is 0.162 e. The quantitative estimate of drug-likeness (QED) is 0.811. The third-order valence-corrected chi connectivity index (χ3v) is 6.37. The zero-order chi connectivity index (χ0) is 12.8. The highest BCUT2D eigenvalue weighted by molar-refractivity contribution is 8.00. The predicted octanol–water partition coefficient (Wildman–Crippen LogP) is 3.87. The number of allylic oxidation sites excluding steroid dienone is 1. The first-order chi connectivity index (χ1) is 9.29. The Labute approximate surface area is 118 Å². The lowest BCUT2D eigenvalue weighted by Crippen LogP contribution is -2.25. The molecule has 1 aliphatic carbocycles. The normalized spacial score (nSPS) is 32.0. The van der Waals surface area contributed by atoms with Gasteiger partial charge in [-0.25, -0.2) is 0 Å². The van der Waals surface area contributed by atoms with Crippen molar-refractivity contribution in [1.29, 1.82) is 0 Å².